The summed E-state index contributed by atoms with van der Waals surface area (Å²) in [6, 6.07) is 4.78. The summed E-state index contributed by atoms with van der Waals surface area (Å²) in [6.07, 6.45) is -9.46. The molecular formula is C20H30O12. The first-order valence-corrected chi connectivity index (χ1v) is 10.1. The zero-order valence-corrected chi connectivity index (χ0v) is 17.5. The molecule has 0 saturated carbocycles. The summed E-state index contributed by atoms with van der Waals surface area (Å²) in [4.78, 5) is 0. The van der Waals surface area contributed by atoms with E-state index in [1.165, 1.54) is 13.2 Å². The molecule has 182 valence electrons. The standard InChI is InChI=1S/C20H30O12/c1-28-12-6-10(2-3-11(12)22)4-5-29-18-16(25)15(24)14(23)13(32-18)7-30-19-17(26)20(27,8-21)9-31-19/h2-3,6,13-19,21-27H,4-5,7-9H2,1H3. The maximum atomic E-state index is 10.2. The van der Waals surface area contributed by atoms with Crippen LogP contribution in [-0.2, 0) is 25.4 Å². The number of aromatic hydroxyl groups is 1. The Labute approximate surface area is 184 Å². The Morgan fingerprint density at radius 2 is 1.81 bits per heavy atom. The first-order chi connectivity index (χ1) is 15.2. The van der Waals surface area contributed by atoms with Gasteiger partial charge < -0.3 is 59.4 Å². The molecule has 12 nitrogen and oxygen atoms in total. The summed E-state index contributed by atoms with van der Waals surface area (Å²) in [5.74, 6) is 0.300. The number of benzene rings is 1. The first-order valence-electron chi connectivity index (χ1n) is 10.1. The van der Waals surface area contributed by atoms with Crippen molar-refractivity contribution < 1.29 is 59.4 Å². The molecule has 7 N–H and O–H groups in total. The summed E-state index contributed by atoms with van der Waals surface area (Å²) >= 11 is 0. The number of ether oxygens (including phenoxy) is 5. The Balaban J connectivity index is 1.53. The van der Waals surface area contributed by atoms with Crippen molar-refractivity contribution in [1.29, 1.82) is 0 Å². The number of hydrogen-bond donors (Lipinski definition) is 7. The molecule has 0 aliphatic carbocycles. The number of phenolic OH excluding ortho intramolecular Hbond substituents is 1. The molecule has 12 heteroatoms. The van der Waals surface area contributed by atoms with Crippen LogP contribution >= 0.6 is 0 Å². The van der Waals surface area contributed by atoms with Crippen LogP contribution in [-0.4, -0.2) is 118 Å². The van der Waals surface area contributed by atoms with E-state index in [9.17, 15) is 35.7 Å². The minimum absolute atomic E-state index is 0.00283. The molecule has 3 rings (SSSR count). The van der Waals surface area contributed by atoms with Gasteiger partial charge in [0.15, 0.2) is 24.1 Å². The zero-order valence-electron chi connectivity index (χ0n) is 17.5. The third-order valence-electron chi connectivity index (χ3n) is 5.59. The van der Waals surface area contributed by atoms with Crippen LogP contribution in [0.1, 0.15) is 5.56 Å². The van der Waals surface area contributed by atoms with Gasteiger partial charge in [-0.25, -0.2) is 0 Å². The van der Waals surface area contributed by atoms with E-state index in [-0.39, 0.29) is 25.6 Å². The molecule has 2 fully saturated rings. The van der Waals surface area contributed by atoms with Crippen LogP contribution in [0.2, 0.25) is 0 Å². The highest BCUT2D eigenvalue weighted by atomic mass is 16.7. The maximum Gasteiger partial charge on any atom is 0.186 e. The Morgan fingerprint density at radius 3 is 2.47 bits per heavy atom. The van der Waals surface area contributed by atoms with Crippen LogP contribution in [0.25, 0.3) is 0 Å². The van der Waals surface area contributed by atoms with Gasteiger partial charge in [0.05, 0.1) is 33.5 Å². The molecule has 8 atom stereocenters. The van der Waals surface area contributed by atoms with Crippen molar-refractivity contribution in [2.45, 2.75) is 55.1 Å². The van der Waals surface area contributed by atoms with Crippen molar-refractivity contribution in [3.63, 3.8) is 0 Å². The van der Waals surface area contributed by atoms with Crippen molar-refractivity contribution in [3.05, 3.63) is 23.8 Å². The Bertz CT molecular complexity index is 747. The fourth-order valence-electron chi connectivity index (χ4n) is 3.49. The minimum atomic E-state index is -1.87. The fourth-order valence-corrected chi connectivity index (χ4v) is 3.49. The van der Waals surface area contributed by atoms with Crippen molar-refractivity contribution in [2.75, 3.05) is 33.5 Å². The van der Waals surface area contributed by atoms with Gasteiger partial charge in [-0.1, -0.05) is 6.07 Å². The molecule has 0 radical (unpaired) electrons. The highest BCUT2D eigenvalue weighted by Crippen LogP contribution is 2.29. The molecule has 8 unspecified atom stereocenters. The second kappa shape index (κ2) is 10.6. The summed E-state index contributed by atoms with van der Waals surface area (Å²) in [5.41, 5.74) is -1.08. The van der Waals surface area contributed by atoms with Crippen LogP contribution in [0.5, 0.6) is 11.5 Å². The third-order valence-corrected chi connectivity index (χ3v) is 5.59. The lowest BCUT2D eigenvalue weighted by Crippen LogP contribution is -2.59. The second-order valence-electron chi connectivity index (χ2n) is 7.86. The average molecular weight is 462 g/mol. The minimum Gasteiger partial charge on any atom is -0.504 e. The molecule has 2 aliphatic heterocycles. The van der Waals surface area contributed by atoms with Crippen LogP contribution < -0.4 is 4.74 Å². The van der Waals surface area contributed by atoms with Gasteiger partial charge in [-0.3, -0.25) is 0 Å². The van der Waals surface area contributed by atoms with Crippen LogP contribution in [0.3, 0.4) is 0 Å². The number of rotatable bonds is 9. The second-order valence-corrected chi connectivity index (χ2v) is 7.86. The highest BCUT2D eigenvalue weighted by molar-refractivity contribution is 5.41. The molecule has 2 saturated heterocycles. The normalized spacial score (nSPS) is 37.5. The van der Waals surface area contributed by atoms with Crippen molar-refractivity contribution in [3.8, 4) is 11.5 Å². The van der Waals surface area contributed by atoms with Gasteiger partial charge in [0.1, 0.15) is 36.1 Å². The smallest absolute Gasteiger partial charge is 0.186 e. The summed E-state index contributed by atoms with van der Waals surface area (Å²) in [5, 5.41) is 69.4. The molecule has 1 aromatic rings. The lowest BCUT2D eigenvalue weighted by molar-refractivity contribution is -0.309. The van der Waals surface area contributed by atoms with Gasteiger partial charge in [0.25, 0.3) is 0 Å². The Kier molecular flexibility index (Phi) is 8.27. The van der Waals surface area contributed by atoms with Gasteiger partial charge in [-0.05, 0) is 24.1 Å². The van der Waals surface area contributed by atoms with E-state index in [1.807, 2.05) is 0 Å². The number of methoxy groups -OCH3 is 1. The third kappa shape index (κ3) is 5.31. The van der Waals surface area contributed by atoms with Crippen LogP contribution in [0.4, 0.5) is 0 Å². The molecule has 0 spiro atoms. The van der Waals surface area contributed by atoms with E-state index in [4.69, 9.17) is 23.7 Å². The lowest BCUT2D eigenvalue weighted by atomic mass is 9.99. The lowest BCUT2D eigenvalue weighted by Gasteiger charge is -2.40. The van der Waals surface area contributed by atoms with Crippen LogP contribution in [0, 0.1) is 0 Å². The Morgan fingerprint density at radius 1 is 1.06 bits per heavy atom. The number of hydrogen-bond acceptors (Lipinski definition) is 12. The number of aliphatic hydroxyl groups excluding tert-OH is 5. The molecule has 2 heterocycles. The van der Waals surface area contributed by atoms with E-state index in [0.717, 1.165) is 5.56 Å². The van der Waals surface area contributed by atoms with Gasteiger partial charge in [-0.2, -0.15) is 0 Å². The molecule has 32 heavy (non-hydrogen) atoms. The van der Waals surface area contributed by atoms with Gasteiger partial charge in [0, 0.05) is 0 Å². The van der Waals surface area contributed by atoms with Gasteiger partial charge in [-0.15, -0.1) is 0 Å². The van der Waals surface area contributed by atoms with E-state index in [2.05, 4.69) is 0 Å². The van der Waals surface area contributed by atoms with Gasteiger partial charge >= 0.3 is 0 Å². The first kappa shape index (κ1) is 25.1. The van der Waals surface area contributed by atoms with Crippen molar-refractivity contribution >= 4 is 0 Å². The summed E-state index contributed by atoms with van der Waals surface area (Å²) < 4.78 is 26.6. The fraction of sp³-hybridized carbons (Fsp3) is 0.700. The molecule has 2 aliphatic rings. The zero-order chi connectivity index (χ0) is 23.5. The Hall–Kier alpha value is -1.58. The quantitative estimate of drug-likeness (QED) is 0.200. The molecule has 0 aromatic heterocycles. The monoisotopic (exact) mass is 462 g/mol. The maximum absolute atomic E-state index is 10.2. The number of aliphatic hydroxyl groups is 6. The van der Waals surface area contributed by atoms with Crippen LogP contribution in [0.15, 0.2) is 18.2 Å². The van der Waals surface area contributed by atoms with E-state index < -0.39 is 55.3 Å². The predicted octanol–water partition coefficient (Wildman–Crippen LogP) is -2.78. The highest BCUT2D eigenvalue weighted by Gasteiger charge is 2.50. The molecule has 1 aromatic carbocycles. The van der Waals surface area contributed by atoms with E-state index >= 15 is 0 Å². The van der Waals surface area contributed by atoms with Crippen molar-refractivity contribution in [2.24, 2.45) is 0 Å². The molecular weight excluding hydrogens is 432 g/mol. The van der Waals surface area contributed by atoms with Crippen molar-refractivity contribution in [1.82, 2.24) is 0 Å². The SMILES string of the molecule is COc1cc(CCOC2OC(COC3OCC(O)(CO)C3O)C(O)C(O)C2O)ccc1O. The summed E-state index contributed by atoms with van der Waals surface area (Å²) in [7, 11) is 1.43. The largest absolute Gasteiger partial charge is 0.504 e. The molecule has 0 amide bonds. The van der Waals surface area contributed by atoms with E-state index in [1.54, 1.807) is 12.1 Å². The topological polar surface area (TPSA) is 188 Å². The van der Waals surface area contributed by atoms with E-state index in [0.29, 0.717) is 12.2 Å². The summed E-state index contributed by atoms with van der Waals surface area (Å²) in [6.45, 7) is -1.36. The predicted molar refractivity (Wildman–Crippen MR) is 105 cm³/mol. The molecule has 0 bridgehead atoms. The van der Waals surface area contributed by atoms with Gasteiger partial charge in [0.2, 0.25) is 0 Å². The average Bonchev–Trinajstić information content (AvgIpc) is 3.08. The number of phenols is 1.